The monoisotopic (exact) mass is 587 g/mol. The molecule has 0 bridgehead atoms. The molecule has 0 aromatic heterocycles. The van der Waals surface area contributed by atoms with Crippen LogP contribution < -0.4 is 0 Å². The van der Waals surface area contributed by atoms with Gasteiger partial charge in [-0.3, -0.25) is 14.5 Å². The number of nitrogens with zero attached hydrogens (tertiary/aromatic N) is 3. The number of alkyl halides is 6. The first-order valence-electron chi connectivity index (χ1n) is 13.4. The van der Waals surface area contributed by atoms with Gasteiger partial charge in [0, 0.05) is 63.7 Å². The highest BCUT2D eigenvalue weighted by molar-refractivity contribution is 5.95. The van der Waals surface area contributed by atoms with Crippen molar-refractivity contribution >= 4 is 11.8 Å². The van der Waals surface area contributed by atoms with Crippen molar-refractivity contribution in [3.8, 4) is 0 Å². The van der Waals surface area contributed by atoms with Gasteiger partial charge in [0.25, 0.3) is 5.91 Å². The Kier molecular flexibility index (Phi) is 8.73. The fourth-order valence-corrected chi connectivity index (χ4v) is 5.96. The van der Waals surface area contributed by atoms with Gasteiger partial charge in [0.05, 0.1) is 11.1 Å². The van der Waals surface area contributed by atoms with Gasteiger partial charge in [-0.2, -0.15) is 26.3 Å². The van der Waals surface area contributed by atoms with Crippen LogP contribution >= 0.6 is 0 Å². The summed E-state index contributed by atoms with van der Waals surface area (Å²) < 4.78 is 94.8. The van der Waals surface area contributed by atoms with Crippen LogP contribution in [-0.4, -0.2) is 71.8 Å². The van der Waals surface area contributed by atoms with E-state index in [0.29, 0.717) is 50.3 Å². The number of likely N-dealkylation sites (tertiary alicyclic amines) is 2. The van der Waals surface area contributed by atoms with Crippen LogP contribution in [0.15, 0.2) is 36.4 Å². The first-order chi connectivity index (χ1) is 19.1. The molecule has 0 N–H and O–H groups in total. The molecule has 0 unspecified atom stereocenters. The van der Waals surface area contributed by atoms with Crippen LogP contribution in [0.4, 0.5) is 30.7 Å². The third-order valence-electron chi connectivity index (χ3n) is 8.30. The zero-order valence-electron chi connectivity index (χ0n) is 22.9. The van der Waals surface area contributed by atoms with Crippen molar-refractivity contribution in [2.75, 3.05) is 33.2 Å². The Morgan fingerprint density at radius 3 is 1.98 bits per heavy atom. The lowest BCUT2D eigenvalue weighted by Crippen LogP contribution is -2.55. The smallest absolute Gasteiger partial charge is 0.343 e. The molecule has 4 rings (SSSR count). The molecule has 0 saturated carbocycles. The molecule has 2 aromatic carbocycles. The predicted molar refractivity (Wildman–Crippen MR) is 138 cm³/mol. The summed E-state index contributed by atoms with van der Waals surface area (Å²) in [5, 5.41) is 0. The van der Waals surface area contributed by atoms with Crippen LogP contribution in [-0.2, 0) is 17.1 Å². The second-order valence-electron chi connectivity index (χ2n) is 10.9. The molecule has 2 heterocycles. The van der Waals surface area contributed by atoms with E-state index < -0.39 is 46.8 Å². The highest BCUT2D eigenvalue weighted by Crippen LogP contribution is 2.38. The van der Waals surface area contributed by atoms with Crippen molar-refractivity contribution in [3.05, 3.63) is 70.0 Å². The number of hydrogen-bond acceptors (Lipinski definition) is 3. The summed E-state index contributed by atoms with van der Waals surface area (Å²) in [5.41, 5.74) is -2.71. The number of benzene rings is 2. The molecule has 2 fully saturated rings. The van der Waals surface area contributed by atoms with Crippen molar-refractivity contribution < 1.29 is 40.3 Å². The minimum Gasteiger partial charge on any atom is -0.343 e. The summed E-state index contributed by atoms with van der Waals surface area (Å²) in [6.45, 7) is 5.33. The number of carbonyl (C=O) groups excluding carboxylic acids is 2. The standard InChI is InChI=1S/C29H32F7N3O2/c1-17-12-19(4-5-25(17)30)24-16-39(23-6-9-38(10-7-23)18(2)40)11-8-26(24)37(3)27(41)20-13-21(28(31,32)33)15-22(14-20)29(34,35)36/h4-5,12-15,23-24,26H,6-11,16H2,1-3H3/t24-,26+/m0/s1. The Bertz CT molecular complexity index is 1250. The Morgan fingerprint density at radius 2 is 1.46 bits per heavy atom. The fourth-order valence-electron chi connectivity index (χ4n) is 5.96. The first kappa shape index (κ1) is 30.8. The van der Waals surface area contributed by atoms with Crippen LogP contribution in [0.3, 0.4) is 0 Å². The lowest BCUT2D eigenvalue weighted by atomic mass is 9.83. The topological polar surface area (TPSA) is 43.9 Å². The van der Waals surface area contributed by atoms with Gasteiger partial charge in [0.15, 0.2) is 0 Å². The summed E-state index contributed by atoms with van der Waals surface area (Å²) in [5.74, 6) is -1.75. The number of halogens is 7. The zero-order chi connectivity index (χ0) is 30.3. The van der Waals surface area contributed by atoms with Gasteiger partial charge in [-0.25, -0.2) is 4.39 Å². The average Bonchev–Trinajstić information content (AvgIpc) is 2.92. The Hall–Kier alpha value is -3.15. The molecule has 2 saturated heterocycles. The molecule has 12 heteroatoms. The molecule has 2 amide bonds. The Morgan fingerprint density at radius 1 is 0.878 bits per heavy atom. The van der Waals surface area contributed by atoms with Crippen LogP contribution in [0, 0.1) is 12.7 Å². The minimum atomic E-state index is -5.08. The summed E-state index contributed by atoms with van der Waals surface area (Å²) in [4.78, 5) is 30.5. The normalized spacial score (nSPS) is 21.2. The van der Waals surface area contributed by atoms with E-state index in [9.17, 15) is 40.3 Å². The summed E-state index contributed by atoms with van der Waals surface area (Å²) in [6.07, 6.45) is -8.25. The predicted octanol–water partition coefficient (Wildman–Crippen LogP) is 6.11. The zero-order valence-corrected chi connectivity index (χ0v) is 22.9. The maximum Gasteiger partial charge on any atom is 0.416 e. The first-order valence-corrected chi connectivity index (χ1v) is 13.4. The van der Waals surface area contributed by atoms with Crippen LogP contribution in [0.2, 0.25) is 0 Å². The molecule has 2 aliphatic rings. The highest BCUT2D eigenvalue weighted by atomic mass is 19.4. The largest absolute Gasteiger partial charge is 0.416 e. The van der Waals surface area contributed by atoms with Gasteiger partial charge in [0.1, 0.15) is 5.82 Å². The van der Waals surface area contributed by atoms with Gasteiger partial charge in [-0.05, 0) is 61.6 Å². The molecule has 2 aromatic rings. The van der Waals surface area contributed by atoms with E-state index in [4.69, 9.17) is 0 Å². The molecule has 41 heavy (non-hydrogen) atoms. The van der Waals surface area contributed by atoms with E-state index in [1.807, 2.05) is 0 Å². The number of piperidine rings is 2. The van der Waals surface area contributed by atoms with Crippen molar-refractivity contribution in [2.45, 2.75) is 63.5 Å². The number of amides is 2. The van der Waals surface area contributed by atoms with Crippen molar-refractivity contribution in [2.24, 2.45) is 0 Å². The third kappa shape index (κ3) is 6.85. The van der Waals surface area contributed by atoms with E-state index in [1.54, 1.807) is 24.0 Å². The lowest BCUT2D eigenvalue weighted by molar-refractivity contribution is -0.143. The summed E-state index contributed by atoms with van der Waals surface area (Å²) in [7, 11) is 1.38. The number of hydrogen-bond donors (Lipinski definition) is 0. The molecule has 2 aliphatic heterocycles. The molecular weight excluding hydrogens is 555 g/mol. The SMILES string of the molecule is CC(=O)N1CCC(N2CC[C@@H](N(C)C(=O)c3cc(C(F)(F)F)cc(C(F)(F)F)c3)[C@H](c3ccc(F)c(C)c3)C2)CC1. The van der Waals surface area contributed by atoms with E-state index in [0.717, 1.165) is 18.4 Å². The Labute approximate surface area is 233 Å². The van der Waals surface area contributed by atoms with Crippen molar-refractivity contribution in [1.82, 2.24) is 14.7 Å². The Balaban J connectivity index is 1.64. The second-order valence-corrected chi connectivity index (χ2v) is 10.9. The van der Waals surface area contributed by atoms with Crippen molar-refractivity contribution in [3.63, 3.8) is 0 Å². The lowest BCUT2D eigenvalue weighted by Gasteiger charge is -2.47. The number of aryl methyl sites for hydroxylation is 1. The third-order valence-corrected chi connectivity index (χ3v) is 8.30. The fraction of sp³-hybridized carbons (Fsp3) is 0.517. The maximum absolute atomic E-state index is 14.1. The van der Waals surface area contributed by atoms with Gasteiger partial charge in [-0.15, -0.1) is 0 Å². The number of carbonyl (C=O) groups is 2. The quantitative estimate of drug-likeness (QED) is 0.406. The van der Waals surface area contributed by atoms with Gasteiger partial charge in [0.2, 0.25) is 5.91 Å². The molecule has 5 nitrogen and oxygen atoms in total. The molecule has 0 spiro atoms. The van der Waals surface area contributed by atoms with E-state index in [1.165, 1.54) is 24.9 Å². The molecule has 2 atom stereocenters. The van der Waals surface area contributed by atoms with Crippen LogP contribution in [0.25, 0.3) is 0 Å². The molecular formula is C29H32F7N3O2. The molecule has 224 valence electrons. The van der Waals surface area contributed by atoms with E-state index in [2.05, 4.69) is 4.90 Å². The highest BCUT2D eigenvalue weighted by Gasteiger charge is 2.41. The summed E-state index contributed by atoms with van der Waals surface area (Å²) >= 11 is 0. The van der Waals surface area contributed by atoms with E-state index in [-0.39, 0.29) is 23.9 Å². The number of likely N-dealkylation sites (N-methyl/N-ethyl adjacent to an activating group) is 1. The number of rotatable bonds is 4. The second kappa shape index (κ2) is 11.6. The van der Waals surface area contributed by atoms with Crippen LogP contribution in [0.1, 0.15) is 64.7 Å². The van der Waals surface area contributed by atoms with Crippen molar-refractivity contribution in [1.29, 1.82) is 0 Å². The van der Waals surface area contributed by atoms with Gasteiger partial charge < -0.3 is 9.80 Å². The summed E-state index contributed by atoms with van der Waals surface area (Å²) in [6, 6.07) is 5.07. The molecule has 0 radical (unpaired) electrons. The van der Waals surface area contributed by atoms with E-state index >= 15 is 0 Å². The maximum atomic E-state index is 14.1. The van der Waals surface area contributed by atoms with Gasteiger partial charge >= 0.3 is 12.4 Å². The van der Waals surface area contributed by atoms with Crippen LogP contribution in [0.5, 0.6) is 0 Å². The molecule has 0 aliphatic carbocycles. The minimum absolute atomic E-state index is 0.00321. The average molecular weight is 588 g/mol. The van der Waals surface area contributed by atoms with Gasteiger partial charge in [-0.1, -0.05) is 12.1 Å².